The highest BCUT2D eigenvalue weighted by Crippen LogP contribution is 2.24. The highest BCUT2D eigenvalue weighted by Gasteiger charge is 2.23. The van der Waals surface area contributed by atoms with Crippen LogP contribution in [0.15, 0.2) is 65.3 Å². The number of methoxy groups -OCH3 is 1. The van der Waals surface area contributed by atoms with Gasteiger partial charge in [-0.1, -0.05) is 18.2 Å². The van der Waals surface area contributed by atoms with Gasteiger partial charge in [-0.25, -0.2) is 0 Å². The summed E-state index contributed by atoms with van der Waals surface area (Å²) in [5.41, 5.74) is 3.88. The van der Waals surface area contributed by atoms with Crippen molar-refractivity contribution in [2.75, 3.05) is 19.0 Å². The molecule has 0 bridgehead atoms. The lowest BCUT2D eigenvalue weighted by Crippen LogP contribution is -2.35. The van der Waals surface area contributed by atoms with E-state index < -0.39 is 0 Å². The number of carbonyl (C=O) groups excluding carboxylic acids is 2. The summed E-state index contributed by atoms with van der Waals surface area (Å²) in [6.45, 7) is 1.15. The molecule has 2 amide bonds. The van der Waals surface area contributed by atoms with Gasteiger partial charge < -0.3 is 19.4 Å². The monoisotopic (exact) mass is 390 g/mol. The smallest absolute Gasteiger partial charge is 0.289 e. The molecule has 148 valence electrons. The number of rotatable bonds is 5. The second kappa shape index (κ2) is 8.22. The average Bonchev–Trinajstić information content (AvgIpc) is 3.28. The molecule has 1 aromatic heterocycles. The fraction of sp³-hybridized carbons (Fsp3) is 0.217. The van der Waals surface area contributed by atoms with Crippen LogP contribution >= 0.6 is 0 Å². The minimum Gasteiger partial charge on any atom is -0.497 e. The Morgan fingerprint density at radius 2 is 1.93 bits per heavy atom. The van der Waals surface area contributed by atoms with Gasteiger partial charge in [0.1, 0.15) is 5.75 Å². The third-order valence-electron chi connectivity index (χ3n) is 5.05. The second-order valence-electron chi connectivity index (χ2n) is 7.01. The van der Waals surface area contributed by atoms with E-state index >= 15 is 0 Å². The van der Waals surface area contributed by atoms with E-state index in [0.717, 1.165) is 29.0 Å². The predicted octanol–water partition coefficient (Wildman–Crippen LogP) is 3.67. The summed E-state index contributed by atoms with van der Waals surface area (Å²) in [5, 5.41) is 2.95. The quantitative estimate of drug-likeness (QED) is 0.722. The maximum absolute atomic E-state index is 12.5. The summed E-state index contributed by atoms with van der Waals surface area (Å²) >= 11 is 0. The second-order valence-corrected chi connectivity index (χ2v) is 7.01. The van der Waals surface area contributed by atoms with E-state index in [2.05, 4.69) is 5.32 Å². The first kappa shape index (κ1) is 18.8. The lowest BCUT2D eigenvalue weighted by molar-refractivity contribution is -0.115. The molecule has 0 aliphatic carbocycles. The zero-order valence-electron chi connectivity index (χ0n) is 16.2. The molecule has 1 aliphatic heterocycles. The van der Waals surface area contributed by atoms with E-state index in [0.29, 0.717) is 18.8 Å². The van der Waals surface area contributed by atoms with Crippen molar-refractivity contribution in [2.45, 2.75) is 19.4 Å². The number of nitrogens with one attached hydrogen (secondary N) is 1. The Bertz CT molecular complexity index is 1010. The van der Waals surface area contributed by atoms with Crippen LogP contribution in [0.3, 0.4) is 0 Å². The van der Waals surface area contributed by atoms with Crippen LogP contribution in [0.2, 0.25) is 0 Å². The maximum Gasteiger partial charge on any atom is 0.289 e. The first-order valence-corrected chi connectivity index (χ1v) is 9.50. The molecule has 4 rings (SSSR count). The molecule has 0 saturated heterocycles. The number of carbonyl (C=O) groups is 2. The normalized spacial score (nSPS) is 12.9. The Labute approximate surface area is 169 Å². The minimum absolute atomic E-state index is 0.0885. The molecule has 0 atom stereocenters. The summed E-state index contributed by atoms with van der Waals surface area (Å²) in [6, 6.07) is 16.7. The molecule has 0 saturated carbocycles. The maximum atomic E-state index is 12.5. The van der Waals surface area contributed by atoms with Crippen molar-refractivity contribution in [2.24, 2.45) is 0 Å². The fourth-order valence-electron chi connectivity index (χ4n) is 3.50. The van der Waals surface area contributed by atoms with E-state index in [1.54, 1.807) is 24.1 Å². The van der Waals surface area contributed by atoms with Crippen molar-refractivity contribution in [3.8, 4) is 5.75 Å². The van der Waals surface area contributed by atoms with Crippen molar-refractivity contribution >= 4 is 17.5 Å². The van der Waals surface area contributed by atoms with E-state index in [1.165, 1.54) is 11.8 Å². The Kier molecular flexibility index (Phi) is 5.33. The SMILES string of the molecule is COc1ccc(CC(=O)Nc2ccc3c(c2)CN(C(=O)c2ccco2)CC3)cc1. The number of furan rings is 1. The molecular formula is C23H22N2O4. The van der Waals surface area contributed by atoms with Crippen LogP contribution in [-0.4, -0.2) is 30.4 Å². The van der Waals surface area contributed by atoms with Crippen molar-refractivity contribution in [1.82, 2.24) is 4.90 Å². The summed E-state index contributed by atoms with van der Waals surface area (Å²) in [7, 11) is 1.61. The van der Waals surface area contributed by atoms with Crippen molar-refractivity contribution in [1.29, 1.82) is 0 Å². The van der Waals surface area contributed by atoms with Gasteiger partial charge in [-0.2, -0.15) is 0 Å². The van der Waals surface area contributed by atoms with Gasteiger partial charge in [0, 0.05) is 18.8 Å². The molecule has 3 aromatic rings. The number of fused-ring (bicyclic) bond motifs is 1. The summed E-state index contributed by atoms with van der Waals surface area (Å²) in [6.07, 6.45) is 2.56. The Morgan fingerprint density at radius 1 is 1.10 bits per heavy atom. The zero-order valence-corrected chi connectivity index (χ0v) is 16.2. The van der Waals surface area contributed by atoms with E-state index in [4.69, 9.17) is 9.15 Å². The molecular weight excluding hydrogens is 368 g/mol. The third kappa shape index (κ3) is 4.32. The fourth-order valence-corrected chi connectivity index (χ4v) is 3.50. The van der Waals surface area contributed by atoms with Crippen molar-refractivity contribution in [3.63, 3.8) is 0 Å². The van der Waals surface area contributed by atoms with Gasteiger partial charge in [0.15, 0.2) is 5.76 Å². The van der Waals surface area contributed by atoms with Crippen LogP contribution in [0.5, 0.6) is 5.75 Å². The minimum atomic E-state index is -0.116. The largest absolute Gasteiger partial charge is 0.497 e. The molecule has 6 nitrogen and oxygen atoms in total. The van der Waals surface area contributed by atoms with Crippen LogP contribution in [0, 0.1) is 0 Å². The number of ether oxygens (including phenoxy) is 1. The molecule has 0 unspecified atom stereocenters. The van der Waals surface area contributed by atoms with Crippen LogP contribution in [0.4, 0.5) is 5.69 Å². The lowest BCUT2D eigenvalue weighted by atomic mass is 9.98. The Morgan fingerprint density at radius 3 is 2.66 bits per heavy atom. The van der Waals surface area contributed by atoms with Gasteiger partial charge in [0.25, 0.3) is 5.91 Å². The molecule has 1 N–H and O–H groups in total. The summed E-state index contributed by atoms with van der Waals surface area (Å²) < 4.78 is 10.4. The number of benzene rings is 2. The topological polar surface area (TPSA) is 71.8 Å². The standard InChI is InChI=1S/C23H22N2O4/c1-28-20-8-4-16(5-9-20)13-22(26)24-19-7-6-17-10-11-25(15-18(17)14-19)23(27)21-3-2-12-29-21/h2-9,12,14H,10-11,13,15H2,1H3,(H,24,26). The van der Waals surface area contributed by atoms with E-state index in [1.807, 2.05) is 42.5 Å². The van der Waals surface area contributed by atoms with Gasteiger partial charge in [-0.05, 0) is 59.5 Å². The van der Waals surface area contributed by atoms with Crippen molar-refractivity contribution in [3.05, 3.63) is 83.3 Å². The highest BCUT2D eigenvalue weighted by molar-refractivity contribution is 5.93. The summed E-state index contributed by atoms with van der Waals surface area (Å²) in [4.78, 5) is 26.7. The third-order valence-corrected chi connectivity index (χ3v) is 5.05. The zero-order chi connectivity index (χ0) is 20.2. The van der Waals surface area contributed by atoms with Gasteiger partial charge in [0.05, 0.1) is 19.8 Å². The molecule has 29 heavy (non-hydrogen) atoms. The first-order valence-electron chi connectivity index (χ1n) is 9.50. The van der Waals surface area contributed by atoms with Gasteiger partial charge in [-0.15, -0.1) is 0 Å². The van der Waals surface area contributed by atoms with Gasteiger partial charge >= 0.3 is 0 Å². The van der Waals surface area contributed by atoms with Crippen molar-refractivity contribution < 1.29 is 18.7 Å². The number of hydrogen-bond acceptors (Lipinski definition) is 4. The lowest BCUT2D eigenvalue weighted by Gasteiger charge is -2.28. The van der Waals surface area contributed by atoms with E-state index in [-0.39, 0.29) is 18.2 Å². The predicted molar refractivity (Wildman–Crippen MR) is 109 cm³/mol. The van der Waals surface area contributed by atoms with Crippen LogP contribution in [0.25, 0.3) is 0 Å². The van der Waals surface area contributed by atoms with Crippen LogP contribution in [-0.2, 0) is 24.2 Å². The Hall–Kier alpha value is -3.54. The first-order chi connectivity index (χ1) is 14.1. The molecule has 2 aromatic carbocycles. The summed E-state index contributed by atoms with van der Waals surface area (Å²) in [5.74, 6) is 0.902. The number of hydrogen-bond donors (Lipinski definition) is 1. The van der Waals surface area contributed by atoms with Crippen LogP contribution < -0.4 is 10.1 Å². The molecule has 0 spiro atoms. The molecule has 2 heterocycles. The Balaban J connectivity index is 1.41. The van der Waals surface area contributed by atoms with E-state index in [9.17, 15) is 9.59 Å². The molecule has 6 heteroatoms. The number of amides is 2. The number of nitrogens with zero attached hydrogens (tertiary/aromatic N) is 1. The molecule has 0 radical (unpaired) electrons. The van der Waals surface area contributed by atoms with Crippen LogP contribution in [0.1, 0.15) is 27.2 Å². The number of anilines is 1. The molecule has 0 fully saturated rings. The van der Waals surface area contributed by atoms with Gasteiger partial charge in [-0.3, -0.25) is 9.59 Å². The van der Waals surface area contributed by atoms with Gasteiger partial charge in [0.2, 0.25) is 5.91 Å². The molecule has 1 aliphatic rings. The average molecular weight is 390 g/mol. The highest BCUT2D eigenvalue weighted by atomic mass is 16.5.